The zero-order valence-corrected chi connectivity index (χ0v) is 12.9. The van der Waals surface area contributed by atoms with Crippen LogP contribution in [0.15, 0.2) is 0 Å². The summed E-state index contributed by atoms with van der Waals surface area (Å²) in [5, 5.41) is 11.9. The Morgan fingerprint density at radius 2 is 2.20 bits per heavy atom. The molecule has 2 heterocycles. The number of carbonyl (C=O) groups excluding carboxylic acids is 1. The number of nitrogens with zero attached hydrogens (tertiary/aromatic N) is 3. The molecule has 0 radical (unpaired) electrons. The van der Waals surface area contributed by atoms with Crippen LogP contribution >= 0.6 is 11.3 Å². The van der Waals surface area contributed by atoms with Crippen LogP contribution in [0.2, 0.25) is 0 Å². The molecule has 0 spiro atoms. The van der Waals surface area contributed by atoms with E-state index in [2.05, 4.69) is 27.3 Å². The Bertz CT molecular complexity index is 442. The Morgan fingerprint density at radius 3 is 2.75 bits per heavy atom. The molecule has 1 aromatic rings. The normalized spacial score (nSPS) is 18.9. The van der Waals surface area contributed by atoms with Crippen molar-refractivity contribution in [2.75, 3.05) is 25.4 Å². The van der Waals surface area contributed by atoms with Gasteiger partial charge in [0.25, 0.3) is 0 Å². The van der Waals surface area contributed by atoms with Gasteiger partial charge in [0.1, 0.15) is 5.01 Å². The van der Waals surface area contributed by atoms with Crippen LogP contribution in [0.4, 0.5) is 5.13 Å². The van der Waals surface area contributed by atoms with Crippen LogP contribution in [0.25, 0.3) is 0 Å². The van der Waals surface area contributed by atoms with Crippen molar-refractivity contribution in [3.05, 3.63) is 5.01 Å². The number of nitrogen functional groups attached to an aromatic ring is 1. The predicted molar refractivity (Wildman–Crippen MR) is 80.3 cm³/mol. The fourth-order valence-electron chi connectivity index (χ4n) is 2.55. The molecule has 2 rings (SSSR count). The summed E-state index contributed by atoms with van der Waals surface area (Å²) in [5.74, 6) is 0.603. The van der Waals surface area contributed by atoms with E-state index in [0.717, 1.165) is 37.5 Å². The maximum Gasteiger partial charge on any atom is 0.220 e. The van der Waals surface area contributed by atoms with Crippen LogP contribution in [0, 0.1) is 5.92 Å². The molecular formula is C13H23N5OS. The third-order valence-electron chi connectivity index (χ3n) is 3.83. The number of hydrogen-bond donors (Lipinski definition) is 2. The summed E-state index contributed by atoms with van der Waals surface area (Å²) >= 11 is 1.32. The van der Waals surface area contributed by atoms with Gasteiger partial charge in [-0.05, 0) is 45.3 Å². The van der Waals surface area contributed by atoms with Crippen LogP contribution in [-0.4, -0.2) is 40.6 Å². The molecule has 0 aromatic carbocycles. The maximum atomic E-state index is 12.1. The van der Waals surface area contributed by atoms with Crippen molar-refractivity contribution in [1.29, 1.82) is 0 Å². The standard InChI is InChI=1S/C13H23N5OS/c1-3-18-6-4-10(5-7-18)8-11(19)15-9(2)12-16-17-13(14)20-12/h9-10H,3-8H2,1-2H3,(H2,14,17)(H,15,19)/t9-/m1/s1. The molecule has 0 unspecified atom stereocenters. The lowest BCUT2D eigenvalue weighted by molar-refractivity contribution is -0.123. The Hall–Kier alpha value is -1.21. The summed E-state index contributed by atoms with van der Waals surface area (Å²) in [6, 6.07) is -0.118. The highest BCUT2D eigenvalue weighted by Gasteiger charge is 2.22. The van der Waals surface area contributed by atoms with Crippen LogP contribution in [0.3, 0.4) is 0 Å². The summed E-state index contributed by atoms with van der Waals surface area (Å²) < 4.78 is 0. The monoisotopic (exact) mass is 297 g/mol. The molecule has 1 atom stereocenters. The van der Waals surface area contributed by atoms with Gasteiger partial charge in [-0.25, -0.2) is 0 Å². The van der Waals surface area contributed by atoms with Crippen molar-refractivity contribution >= 4 is 22.4 Å². The van der Waals surface area contributed by atoms with Gasteiger partial charge in [0.2, 0.25) is 11.0 Å². The second-order valence-corrected chi connectivity index (χ2v) is 6.39. The number of carbonyl (C=O) groups is 1. The second-order valence-electron chi connectivity index (χ2n) is 5.35. The average Bonchev–Trinajstić information content (AvgIpc) is 2.86. The van der Waals surface area contributed by atoms with E-state index >= 15 is 0 Å². The lowest BCUT2D eigenvalue weighted by atomic mass is 9.93. The van der Waals surface area contributed by atoms with E-state index < -0.39 is 0 Å². The van der Waals surface area contributed by atoms with Crippen molar-refractivity contribution in [2.45, 2.75) is 39.2 Å². The minimum atomic E-state index is -0.118. The third-order valence-corrected chi connectivity index (χ3v) is 4.77. The number of hydrogen-bond acceptors (Lipinski definition) is 6. The highest BCUT2D eigenvalue weighted by Crippen LogP contribution is 2.22. The topological polar surface area (TPSA) is 84.1 Å². The van der Waals surface area contributed by atoms with Gasteiger partial charge in [-0.15, -0.1) is 10.2 Å². The van der Waals surface area contributed by atoms with E-state index in [1.165, 1.54) is 11.3 Å². The van der Waals surface area contributed by atoms with Crippen LogP contribution in [0.1, 0.15) is 44.2 Å². The molecule has 3 N–H and O–H groups in total. The quantitative estimate of drug-likeness (QED) is 0.858. The van der Waals surface area contributed by atoms with E-state index in [-0.39, 0.29) is 11.9 Å². The first-order chi connectivity index (χ1) is 9.58. The Balaban J connectivity index is 1.75. The second kappa shape index (κ2) is 6.99. The largest absolute Gasteiger partial charge is 0.374 e. The molecule has 1 fully saturated rings. The number of likely N-dealkylation sites (tertiary alicyclic amines) is 1. The molecular weight excluding hydrogens is 274 g/mol. The van der Waals surface area contributed by atoms with Crippen molar-refractivity contribution in [3.63, 3.8) is 0 Å². The van der Waals surface area contributed by atoms with Crippen molar-refractivity contribution in [1.82, 2.24) is 20.4 Å². The van der Waals surface area contributed by atoms with Gasteiger partial charge in [-0.3, -0.25) is 4.79 Å². The molecule has 1 saturated heterocycles. The van der Waals surface area contributed by atoms with Crippen LogP contribution in [-0.2, 0) is 4.79 Å². The van der Waals surface area contributed by atoms with E-state index in [1.807, 2.05) is 6.92 Å². The number of piperidine rings is 1. The summed E-state index contributed by atoms with van der Waals surface area (Å²) in [5.41, 5.74) is 5.55. The zero-order valence-electron chi connectivity index (χ0n) is 12.1. The molecule has 7 heteroatoms. The maximum absolute atomic E-state index is 12.1. The van der Waals surface area contributed by atoms with Gasteiger partial charge < -0.3 is 16.0 Å². The Kier molecular flexibility index (Phi) is 5.31. The molecule has 1 aliphatic heterocycles. The van der Waals surface area contributed by atoms with Crippen molar-refractivity contribution < 1.29 is 4.79 Å². The van der Waals surface area contributed by atoms with Gasteiger partial charge in [0.15, 0.2) is 0 Å². The average molecular weight is 297 g/mol. The summed E-state index contributed by atoms with van der Waals surface area (Å²) in [6.07, 6.45) is 2.83. The van der Waals surface area contributed by atoms with Gasteiger partial charge in [0, 0.05) is 6.42 Å². The fraction of sp³-hybridized carbons (Fsp3) is 0.769. The van der Waals surface area contributed by atoms with Gasteiger partial charge in [0.05, 0.1) is 6.04 Å². The molecule has 20 heavy (non-hydrogen) atoms. The predicted octanol–water partition coefficient (Wildman–Crippen LogP) is 1.42. The molecule has 1 amide bonds. The van der Waals surface area contributed by atoms with Crippen molar-refractivity contribution in [2.24, 2.45) is 5.92 Å². The minimum absolute atomic E-state index is 0.0984. The number of nitrogens with two attached hydrogens (primary N) is 1. The third kappa shape index (κ3) is 4.14. The van der Waals surface area contributed by atoms with Crippen LogP contribution in [0.5, 0.6) is 0 Å². The Labute approximate surface area is 123 Å². The van der Waals surface area contributed by atoms with E-state index in [9.17, 15) is 4.79 Å². The highest BCUT2D eigenvalue weighted by molar-refractivity contribution is 7.15. The Morgan fingerprint density at radius 1 is 1.50 bits per heavy atom. The zero-order chi connectivity index (χ0) is 14.5. The van der Waals surface area contributed by atoms with Crippen LogP contribution < -0.4 is 11.1 Å². The molecule has 1 aliphatic rings. The number of rotatable bonds is 5. The van der Waals surface area contributed by atoms with Gasteiger partial charge in [-0.1, -0.05) is 18.3 Å². The molecule has 0 saturated carbocycles. The smallest absolute Gasteiger partial charge is 0.220 e. The SMILES string of the molecule is CCN1CCC(CC(=O)N[C@H](C)c2nnc(N)s2)CC1. The number of amides is 1. The number of nitrogens with one attached hydrogen (secondary N) is 1. The number of anilines is 1. The highest BCUT2D eigenvalue weighted by atomic mass is 32.1. The molecule has 0 bridgehead atoms. The molecule has 0 aliphatic carbocycles. The lowest BCUT2D eigenvalue weighted by Gasteiger charge is -2.30. The van der Waals surface area contributed by atoms with E-state index in [1.54, 1.807) is 0 Å². The lowest BCUT2D eigenvalue weighted by Crippen LogP contribution is -2.36. The molecule has 112 valence electrons. The summed E-state index contributed by atoms with van der Waals surface area (Å²) in [4.78, 5) is 14.5. The first-order valence-corrected chi connectivity index (χ1v) is 8.00. The molecule has 6 nitrogen and oxygen atoms in total. The van der Waals surface area contributed by atoms with Gasteiger partial charge >= 0.3 is 0 Å². The first kappa shape index (κ1) is 15.2. The molecule has 1 aromatic heterocycles. The number of aromatic nitrogens is 2. The van der Waals surface area contributed by atoms with Gasteiger partial charge in [-0.2, -0.15) is 0 Å². The van der Waals surface area contributed by atoms with Crippen molar-refractivity contribution in [3.8, 4) is 0 Å². The first-order valence-electron chi connectivity index (χ1n) is 7.19. The van der Waals surface area contributed by atoms with E-state index in [0.29, 0.717) is 17.5 Å². The summed E-state index contributed by atoms with van der Waals surface area (Å²) in [6.45, 7) is 7.42. The van der Waals surface area contributed by atoms with E-state index in [4.69, 9.17) is 5.73 Å². The summed E-state index contributed by atoms with van der Waals surface area (Å²) in [7, 11) is 0. The minimum Gasteiger partial charge on any atom is -0.374 e. The fourth-order valence-corrected chi connectivity index (χ4v) is 3.17.